The summed E-state index contributed by atoms with van der Waals surface area (Å²) < 4.78 is 24.5. The Morgan fingerprint density at radius 2 is 1.78 bits per heavy atom. The molecule has 0 aromatic carbocycles. The van der Waals surface area contributed by atoms with Crippen LogP contribution in [0.3, 0.4) is 0 Å². The van der Waals surface area contributed by atoms with E-state index in [0.717, 1.165) is 6.42 Å². The van der Waals surface area contributed by atoms with Gasteiger partial charge in [0.05, 0.1) is 19.0 Å². The van der Waals surface area contributed by atoms with Gasteiger partial charge >= 0.3 is 11.9 Å². The van der Waals surface area contributed by atoms with Gasteiger partial charge in [-0.1, -0.05) is 27.7 Å². The molecule has 5 N–H and O–H groups in total. The van der Waals surface area contributed by atoms with Crippen LogP contribution in [0.15, 0.2) is 12.7 Å². The second kappa shape index (κ2) is 12.9. The molecule has 0 amide bonds. The van der Waals surface area contributed by atoms with Gasteiger partial charge in [-0.25, -0.2) is 15.0 Å². The first-order valence-corrected chi connectivity index (χ1v) is 13.3. The molecule has 17 heteroatoms. The number of nitrogens with one attached hydrogen (secondary N) is 1. The molecular weight excluding hydrogens is 544 g/mol. The largest absolute Gasteiger partial charge is 0.454 e. The fourth-order valence-corrected chi connectivity index (χ4v) is 4.42. The first-order chi connectivity index (χ1) is 19.5. The van der Waals surface area contributed by atoms with Crippen molar-refractivity contribution in [1.29, 1.82) is 0 Å². The Kier molecular flexibility index (Phi) is 9.52. The average Bonchev–Trinajstić information content (AvgIpc) is 3.66. The Morgan fingerprint density at radius 3 is 2.37 bits per heavy atom. The minimum atomic E-state index is -1.34. The molecule has 4 rings (SSSR count). The molecule has 0 saturated carbocycles. The molecule has 2 aromatic heterocycles. The van der Waals surface area contributed by atoms with Gasteiger partial charge in [0.1, 0.15) is 31.1 Å². The molecule has 2 aliphatic heterocycles. The van der Waals surface area contributed by atoms with Crippen molar-refractivity contribution in [3.05, 3.63) is 22.8 Å². The zero-order valence-corrected chi connectivity index (χ0v) is 23.2. The number of rotatable bonds is 12. The van der Waals surface area contributed by atoms with E-state index in [1.165, 1.54) is 17.2 Å². The number of fused-ring (bicyclic) bond motifs is 1. The fraction of sp³-hybridized carbons (Fsp3) is 0.708. The summed E-state index contributed by atoms with van der Waals surface area (Å²) in [4.78, 5) is 54.6. The average molecular weight is 581 g/mol. The molecule has 226 valence electrons. The molecule has 4 heterocycles. The zero-order valence-electron chi connectivity index (χ0n) is 23.2. The first kappa shape index (κ1) is 30.3. The molecule has 2 fully saturated rings. The molecule has 2 aliphatic rings. The van der Waals surface area contributed by atoms with Crippen molar-refractivity contribution >= 4 is 28.9 Å². The first-order valence-electron chi connectivity index (χ1n) is 13.3. The second-order valence-electron chi connectivity index (χ2n) is 10.7. The predicted octanol–water partition coefficient (Wildman–Crippen LogP) is -0.0770. The fourth-order valence-electron chi connectivity index (χ4n) is 4.42. The second-order valence-corrected chi connectivity index (χ2v) is 10.7. The number of carbonyl (C=O) groups is 2. The summed E-state index contributed by atoms with van der Waals surface area (Å²) >= 11 is 0. The highest BCUT2D eigenvalue weighted by Crippen LogP contribution is 2.37. The van der Waals surface area contributed by atoms with Crippen LogP contribution in [0, 0.1) is 22.0 Å². The number of nitrogens with two attached hydrogens (primary N) is 2. The molecule has 17 nitrogen and oxygen atoms in total. The number of nitrogens with zero attached hydrogens (tertiary/aromatic N) is 5. The van der Waals surface area contributed by atoms with Crippen LogP contribution in [0.2, 0.25) is 0 Å². The number of hydrogen-bond acceptors (Lipinski definition) is 15. The highest BCUT2D eigenvalue weighted by atomic mass is 17.0. The predicted molar refractivity (Wildman–Crippen MR) is 140 cm³/mol. The number of hydrogen-bond donors (Lipinski definition) is 3. The summed E-state index contributed by atoms with van der Waals surface area (Å²) in [5.41, 5.74) is 12.7. The number of esters is 2. The van der Waals surface area contributed by atoms with E-state index >= 15 is 0 Å². The topological polar surface area (TPSA) is 231 Å². The number of ether oxygens (including phenoxy) is 4. The molecule has 0 radical (unpaired) electrons. The lowest BCUT2D eigenvalue weighted by Gasteiger charge is -2.27. The van der Waals surface area contributed by atoms with Gasteiger partial charge in [-0.2, -0.15) is 0 Å². The van der Waals surface area contributed by atoms with E-state index in [0.29, 0.717) is 30.2 Å². The smallest absolute Gasteiger partial charge is 0.323 e. The van der Waals surface area contributed by atoms with Gasteiger partial charge in [0.25, 0.3) is 5.09 Å². The summed E-state index contributed by atoms with van der Waals surface area (Å²) in [7, 11) is 0. The maximum Gasteiger partial charge on any atom is 0.323 e. The lowest BCUT2D eigenvalue weighted by Crippen LogP contribution is -2.48. The normalized spacial score (nSPS) is 25.8. The molecule has 2 saturated heterocycles. The molecule has 7 atom stereocenters. The van der Waals surface area contributed by atoms with Crippen LogP contribution >= 0.6 is 0 Å². The van der Waals surface area contributed by atoms with Crippen LogP contribution in [0.5, 0.6) is 0 Å². The lowest BCUT2D eigenvalue weighted by atomic mass is 10.0. The van der Waals surface area contributed by atoms with Gasteiger partial charge in [-0.15, -0.1) is 10.1 Å². The molecule has 0 bridgehead atoms. The minimum Gasteiger partial charge on any atom is -0.454 e. The Morgan fingerprint density at radius 1 is 1.12 bits per heavy atom. The van der Waals surface area contributed by atoms with Crippen LogP contribution < -0.4 is 16.8 Å². The van der Waals surface area contributed by atoms with E-state index in [9.17, 15) is 19.7 Å². The summed E-state index contributed by atoms with van der Waals surface area (Å²) in [6.45, 7) is 7.45. The maximum atomic E-state index is 13.0. The Labute approximate surface area is 235 Å². The quantitative estimate of drug-likeness (QED) is 0.169. The highest BCUT2D eigenvalue weighted by Gasteiger charge is 2.52. The zero-order chi connectivity index (χ0) is 29.8. The maximum absolute atomic E-state index is 13.0. The number of imidazole rings is 1. The Hall–Kier alpha value is -3.67. The standard InChI is InChI=1S/C24H36N8O9/c1-11(2)15(25)23(33)40-18-14(8-38-32(35)36)39-22(19(18)41-24(34)16(26)12(3)4)31-10-29-17-20(27-9-28-21(17)31)30-13-5-6-37-7-13/h9-16,18-19,22H,5-8,25-26H2,1-4H3,(H,27,28,30)/t13-,14+,15-,16-,18+,19+,22+/m0/s1. The van der Waals surface area contributed by atoms with E-state index in [4.69, 9.17) is 30.4 Å². The van der Waals surface area contributed by atoms with Crippen molar-refractivity contribution in [3.8, 4) is 0 Å². The van der Waals surface area contributed by atoms with Crippen molar-refractivity contribution in [2.75, 3.05) is 25.1 Å². The van der Waals surface area contributed by atoms with Gasteiger partial charge in [0.2, 0.25) is 0 Å². The van der Waals surface area contributed by atoms with Crippen LogP contribution in [0.1, 0.15) is 40.3 Å². The lowest BCUT2D eigenvalue weighted by molar-refractivity contribution is -0.759. The molecule has 0 aliphatic carbocycles. The van der Waals surface area contributed by atoms with E-state index in [-0.39, 0.29) is 17.9 Å². The summed E-state index contributed by atoms with van der Waals surface area (Å²) in [6, 6.07) is -1.99. The van der Waals surface area contributed by atoms with Gasteiger partial charge in [0.15, 0.2) is 35.4 Å². The van der Waals surface area contributed by atoms with E-state index in [2.05, 4.69) is 25.1 Å². The summed E-state index contributed by atoms with van der Waals surface area (Å²) in [5.74, 6) is -1.70. The summed E-state index contributed by atoms with van der Waals surface area (Å²) in [6.07, 6.45) is -1.55. The van der Waals surface area contributed by atoms with Gasteiger partial charge in [-0.05, 0) is 18.3 Å². The van der Waals surface area contributed by atoms with Crippen molar-refractivity contribution in [1.82, 2.24) is 19.5 Å². The highest BCUT2D eigenvalue weighted by molar-refractivity contribution is 5.83. The van der Waals surface area contributed by atoms with Crippen molar-refractivity contribution in [2.45, 2.75) is 76.8 Å². The molecular formula is C24H36N8O9. The third-order valence-electron chi connectivity index (χ3n) is 7.02. The van der Waals surface area contributed by atoms with E-state index < -0.39 is 60.3 Å². The number of aromatic nitrogens is 4. The molecule has 41 heavy (non-hydrogen) atoms. The van der Waals surface area contributed by atoms with Crippen LogP contribution in [-0.4, -0.2) is 92.8 Å². The van der Waals surface area contributed by atoms with Crippen molar-refractivity contribution in [3.63, 3.8) is 0 Å². The van der Waals surface area contributed by atoms with Crippen molar-refractivity contribution < 1.29 is 38.5 Å². The summed E-state index contributed by atoms with van der Waals surface area (Å²) in [5, 5.41) is 13.3. The molecule has 2 aromatic rings. The van der Waals surface area contributed by atoms with Gasteiger partial charge in [0, 0.05) is 6.61 Å². The Bertz CT molecular complexity index is 1230. The minimum absolute atomic E-state index is 0.0322. The Balaban J connectivity index is 1.72. The van der Waals surface area contributed by atoms with E-state index in [1.807, 2.05) is 0 Å². The molecule has 0 spiro atoms. The third-order valence-corrected chi connectivity index (χ3v) is 7.02. The molecule has 0 unspecified atom stereocenters. The van der Waals surface area contributed by atoms with Gasteiger partial charge in [-0.3, -0.25) is 14.2 Å². The number of carbonyl (C=O) groups excluding carboxylic acids is 2. The van der Waals surface area contributed by atoms with Crippen LogP contribution in [-0.2, 0) is 33.4 Å². The SMILES string of the molecule is CC(C)[C@H](N)C(=O)O[C@@H]1[C@H](OC(=O)[C@@H](N)C(C)C)[C@@H](CO[N+](=O)[O-])O[C@H]1n1cnc2c(N[C@H]3CCOC3)ncnc21. The van der Waals surface area contributed by atoms with Crippen LogP contribution in [0.25, 0.3) is 11.2 Å². The van der Waals surface area contributed by atoms with Crippen LogP contribution in [0.4, 0.5) is 5.82 Å². The monoisotopic (exact) mass is 580 g/mol. The van der Waals surface area contributed by atoms with Crippen molar-refractivity contribution in [2.24, 2.45) is 23.3 Å². The third kappa shape index (κ3) is 6.80. The number of anilines is 1. The van der Waals surface area contributed by atoms with Gasteiger partial charge < -0.3 is 40.6 Å². The van der Waals surface area contributed by atoms with E-state index in [1.54, 1.807) is 27.7 Å².